The summed E-state index contributed by atoms with van der Waals surface area (Å²) in [4.78, 5) is 40.2. The minimum absolute atomic E-state index is 0.0678. The van der Waals surface area contributed by atoms with Gasteiger partial charge in [-0.25, -0.2) is 4.79 Å². The van der Waals surface area contributed by atoms with Crippen molar-refractivity contribution in [1.82, 2.24) is 0 Å². The van der Waals surface area contributed by atoms with Crippen molar-refractivity contribution >= 4 is 25.9 Å². The van der Waals surface area contributed by atoms with Gasteiger partial charge in [-0.3, -0.25) is 9.59 Å². The second-order valence-electron chi connectivity index (χ2n) is 12.6. The molecule has 0 bridgehead atoms. The molecule has 1 aromatic heterocycles. The zero-order chi connectivity index (χ0) is 25.7. The average molecular weight is 501 g/mol. The van der Waals surface area contributed by atoms with Gasteiger partial charge in [0.2, 0.25) is 5.78 Å². The Labute approximate surface area is 207 Å². The molecule has 1 fully saturated rings. The largest absolute Gasteiger partial charge is 0.460 e. The van der Waals surface area contributed by atoms with Crippen molar-refractivity contribution < 1.29 is 32.7 Å². The number of rotatable bonds is 4. The maximum atomic E-state index is 14.1. The van der Waals surface area contributed by atoms with Crippen LogP contribution in [0, 0.1) is 11.3 Å². The second-order valence-corrected chi connectivity index (χ2v) is 17.3. The maximum absolute atomic E-state index is 14.1. The first-order valence-electron chi connectivity index (χ1n) is 12.5. The smallest absolute Gasteiger partial charge is 0.342 e. The molecule has 0 radical (unpaired) electrons. The number of fused-ring (bicyclic) bond motifs is 3. The number of hydrogen-bond donors (Lipinski definition) is 0. The number of ketones is 2. The molecule has 3 aliphatic carbocycles. The molecule has 4 aliphatic rings. The number of cyclic esters (lactones) is 1. The normalized spacial score (nSPS) is 34.5. The molecule has 0 spiro atoms. The van der Waals surface area contributed by atoms with E-state index >= 15 is 0 Å². The Morgan fingerprint density at radius 2 is 1.86 bits per heavy atom. The third-order valence-corrected chi connectivity index (χ3v) is 14.1. The summed E-state index contributed by atoms with van der Waals surface area (Å²) in [5, 5.41) is -0.0678. The van der Waals surface area contributed by atoms with Crippen molar-refractivity contribution in [2.24, 2.45) is 11.3 Å². The number of allylic oxidation sites excluding steroid dienone is 1. The summed E-state index contributed by atoms with van der Waals surface area (Å²) in [5.41, 5.74) is 0.822. The fourth-order valence-corrected chi connectivity index (χ4v) is 7.88. The van der Waals surface area contributed by atoms with Crippen LogP contribution in [0.3, 0.4) is 0 Å². The van der Waals surface area contributed by atoms with Crippen LogP contribution < -0.4 is 0 Å². The lowest BCUT2D eigenvalue weighted by atomic mass is 9.54. The van der Waals surface area contributed by atoms with Gasteiger partial charge in [-0.2, -0.15) is 0 Å². The number of esters is 1. The molecular weight excluding hydrogens is 464 g/mol. The van der Waals surface area contributed by atoms with E-state index in [2.05, 4.69) is 33.9 Å². The first-order chi connectivity index (χ1) is 16.2. The molecule has 0 unspecified atom stereocenters. The standard InChI is InChI=1S/C27H36O7Si/c1-25(2,3)35(7,8)34-16-11-26(4)15(9-10-17(26)28)19-21(16)27(5)18(13-31-6)33-24(30)14-12-32-23(20(14)27)22(19)29/h12,15-16,18H,9-11,13H2,1-8H3/t15-,16+,18+,26-,27-/m0/s1. The highest BCUT2D eigenvalue weighted by molar-refractivity contribution is 6.74. The zero-order valence-corrected chi connectivity index (χ0v) is 23.0. The molecule has 0 amide bonds. The van der Waals surface area contributed by atoms with Gasteiger partial charge >= 0.3 is 5.97 Å². The van der Waals surface area contributed by atoms with Crippen molar-refractivity contribution in [3.8, 4) is 0 Å². The topological polar surface area (TPSA) is 92.0 Å². The molecule has 7 nitrogen and oxygen atoms in total. The zero-order valence-electron chi connectivity index (χ0n) is 22.0. The Kier molecular flexibility index (Phi) is 5.28. The molecule has 0 N–H and O–H groups in total. The summed E-state index contributed by atoms with van der Waals surface area (Å²) in [6, 6.07) is 0. The summed E-state index contributed by atoms with van der Waals surface area (Å²) in [7, 11) is -0.736. The van der Waals surface area contributed by atoms with E-state index in [0.29, 0.717) is 30.4 Å². The highest BCUT2D eigenvalue weighted by Crippen LogP contribution is 2.61. The van der Waals surface area contributed by atoms with Crippen LogP contribution >= 0.6 is 0 Å². The molecule has 0 aromatic carbocycles. The predicted molar refractivity (Wildman–Crippen MR) is 131 cm³/mol. The molecule has 1 aromatic rings. The van der Waals surface area contributed by atoms with E-state index in [9.17, 15) is 14.4 Å². The Bertz CT molecular complexity index is 1170. The summed E-state index contributed by atoms with van der Waals surface area (Å²) in [6.07, 6.45) is 1.83. The third-order valence-electron chi connectivity index (χ3n) is 9.63. The van der Waals surface area contributed by atoms with Crippen LogP contribution in [0.4, 0.5) is 0 Å². The highest BCUT2D eigenvalue weighted by atomic mass is 28.4. The van der Waals surface area contributed by atoms with Gasteiger partial charge in [0.05, 0.1) is 18.1 Å². The van der Waals surface area contributed by atoms with Gasteiger partial charge in [-0.15, -0.1) is 0 Å². The Morgan fingerprint density at radius 1 is 1.17 bits per heavy atom. The lowest BCUT2D eigenvalue weighted by Crippen LogP contribution is -2.59. The van der Waals surface area contributed by atoms with E-state index in [4.69, 9.17) is 18.3 Å². The number of Topliss-reactive ketones (excluding diaryl/α,β-unsaturated/α-hetero) is 2. The van der Waals surface area contributed by atoms with Crippen LogP contribution in [0.5, 0.6) is 0 Å². The van der Waals surface area contributed by atoms with Crippen molar-refractivity contribution in [2.75, 3.05) is 13.7 Å². The van der Waals surface area contributed by atoms with Gasteiger partial charge in [0.15, 0.2) is 14.1 Å². The summed E-state index contributed by atoms with van der Waals surface area (Å²) in [6.45, 7) is 15.1. The maximum Gasteiger partial charge on any atom is 0.342 e. The highest BCUT2D eigenvalue weighted by Gasteiger charge is 2.64. The van der Waals surface area contributed by atoms with Gasteiger partial charge in [0, 0.05) is 36.0 Å². The molecular formula is C27H36O7Si. The van der Waals surface area contributed by atoms with Crippen molar-refractivity contribution in [1.29, 1.82) is 0 Å². The molecule has 1 saturated carbocycles. The average Bonchev–Trinajstić information content (AvgIpc) is 3.32. The van der Waals surface area contributed by atoms with E-state index in [1.807, 2.05) is 13.8 Å². The lowest BCUT2D eigenvalue weighted by molar-refractivity contribution is -0.127. The molecule has 8 heteroatoms. The number of carbonyl (C=O) groups excluding carboxylic acids is 3. The Balaban J connectivity index is 1.79. The SMILES string of the molecule is COC[C@H]1OC(=O)c2coc3c2[C@@]1(C)C1=C(C3=O)[C@@H]2CCC(=O)[C@@]2(C)C[C@H]1O[Si](C)(C)C(C)(C)C. The van der Waals surface area contributed by atoms with Crippen LogP contribution in [-0.4, -0.2) is 51.8 Å². The number of hydrogen-bond acceptors (Lipinski definition) is 7. The summed E-state index contributed by atoms with van der Waals surface area (Å²) in [5.74, 6) is -0.570. The van der Waals surface area contributed by atoms with Gasteiger partial charge < -0.3 is 18.3 Å². The molecule has 1 aliphatic heterocycles. The molecule has 2 heterocycles. The fraction of sp³-hybridized carbons (Fsp3) is 0.667. The van der Waals surface area contributed by atoms with Crippen LogP contribution in [0.1, 0.15) is 80.4 Å². The first kappa shape index (κ1) is 24.7. The van der Waals surface area contributed by atoms with E-state index in [-0.39, 0.29) is 40.5 Å². The van der Waals surface area contributed by atoms with Crippen LogP contribution in [0.25, 0.3) is 0 Å². The molecule has 35 heavy (non-hydrogen) atoms. The second kappa shape index (κ2) is 7.49. The van der Waals surface area contributed by atoms with Crippen LogP contribution in [-0.2, 0) is 24.1 Å². The van der Waals surface area contributed by atoms with Crippen molar-refractivity contribution in [2.45, 2.75) is 89.6 Å². The van der Waals surface area contributed by atoms with E-state index in [1.165, 1.54) is 6.26 Å². The van der Waals surface area contributed by atoms with Crippen molar-refractivity contribution in [3.05, 3.63) is 34.3 Å². The van der Waals surface area contributed by atoms with Crippen LogP contribution in [0.2, 0.25) is 18.1 Å². The molecule has 5 rings (SSSR count). The van der Waals surface area contributed by atoms with E-state index < -0.39 is 37.3 Å². The Morgan fingerprint density at radius 3 is 2.49 bits per heavy atom. The minimum Gasteiger partial charge on any atom is -0.460 e. The van der Waals surface area contributed by atoms with Crippen LogP contribution in [0.15, 0.2) is 21.8 Å². The van der Waals surface area contributed by atoms with Crippen molar-refractivity contribution in [3.63, 3.8) is 0 Å². The molecule has 0 saturated heterocycles. The number of furan rings is 1. The summed E-state index contributed by atoms with van der Waals surface area (Å²) >= 11 is 0. The Hall–Kier alpha value is -2.03. The molecule has 190 valence electrons. The van der Waals surface area contributed by atoms with Gasteiger partial charge in [-0.05, 0) is 43.5 Å². The quantitative estimate of drug-likeness (QED) is 0.424. The third kappa shape index (κ3) is 3.12. The van der Waals surface area contributed by atoms with Gasteiger partial charge in [-0.1, -0.05) is 27.7 Å². The summed E-state index contributed by atoms with van der Waals surface area (Å²) < 4.78 is 24.2. The number of methoxy groups -OCH3 is 1. The predicted octanol–water partition coefficient (Wildman–Crippen LogP) is 5.00. The molecule has 5 atom stereocenters. The number of carbonyl (C=O) groups is 3. The fourth-order valence-electron chi connectivity index (χ4n) is 6.61. The monoisotopic (exact) mass is 500 g/mol. The van der Waals surface area contributed by atoms with E-state index in [0.717, 1.165) is 5.57 Å². The van der Waals surface area contributed by atoms with E-state index in [1.54, 1.807) is 7.11 Å². The number of ether oxygens (including phenoxy) is 2. The van der Waals surface area contributed by atoms with Gasteiger partial charge in [0.1, 0.15) is 23.7 Å². The minimum atomic E-state index is -2.31. The first-order valence-corrected chi connectivity index (χ1v) is 15.4. The lowest BCUT2D eigenvalue weighted by Gasteiger charge is -2.54. The van der Waals surface area contributed by atoms with Gasteiger partial charge in [0.25, 0.3) is 0 Å².